The van der Waals surface area contributed by atoms with Crippen molar-refractivity contribution in [2.45, 2.75) is 6.42 Å². The summed E-state index contributed by atoms with van der Waals surface area (Å²) in [7, 11) is 2.13. The third kappa shape index (κ3) is 2.66. The second-order valence-electron chi connectivity index (χ2n) is 4.36. The molecule has 17 heavy (non-hydrogen) atoms. The molecule has 0 bridgehead atoms. The Hall–Kier alpha value is -1.80. The quantitative estimate of drug-likeness (QED) is 0.769. The van der Waals surface area contributed by atoms with Gasteiger partial charge in [0.05, 0.1) is 5.69 Å². The molecule has 5 nitrogen and oxygen atoms in total. The van der Waals surface area contributed by atoms with Gasteiger partial charge in [0.2, 0.25) is 0 Å². The first-order valence-corrected chi connectivity index (χ1v) is 5.81. The van der Waals surface area contributed by atoms with Crippen LogP contribution in [0, 0.1) is 11.3 Å². The van der Waals surface area contributed by atoms with Crippen molar-refractivity contribution in [2.24, 2.45) is 0 Å². The van der Waals surface area contributed by atoms with Crippen LogP contribution >= 0.6 is 0 Å². The second-order valence-corrected chi connectivity index (χ2v) is 4.36. The van der Waals surface area contributed by atoms with Gasteiger partial charge in [0.15, 0.2) is 5.69 Å². The molecule has 1 aliphatic rings. The van der Waals surface area contributed by atoms with Crippen molar-refractivity contribution >= 4 is 11.5 Å². The number of likely N-dealkylation sites (N-methyl/N-ethyl adjacent to an activating group) is 1. The van der Waals surface area contributed by atoms with Gasteiger partial charge in [-0.3, -0.25) is 0 Å². The highest BCUT2D eigenvalue weighted by molar-refractivity contribution is 5.55. The highest BCUT2D eigenvalue weighted by Gasteiger charge is 2.14. The first kappa shape index (κ1) is 11.7. The number of anilines is 2. The van der Waals surface area contributed by atoms with Crippen LogP contribution in [0.3, 0.4) is 0 Å². The number of aromatic nitrogens is 1. The summed E-state index contributed by atoms with van der Waals surface area (Å²) in [6.45, 7) is 4.05. The Labute approximate surface area is 101 Å². The molecule has 5 heteroatoms. The van der Waals surface area contributed by atoms with E-state index in [1.807, 2.05) is 12.1 Å². The van der Waals surface area contributed by atoms with E-state index in [1.165, 1.54) is 0 Å². The fourth-order valence-electron chi connectivity index (χ4n) is 2.00. The van der Waals surface area contributed by atoms with Crippen LogP contribution in [0.15, 0.2) is 12.1 Å². The number of hydrogen-bond donors (Lipinski definition) is 1. The Balaban J connectivity index is 2.19. The molecule has 90 valence electrons. The summed E-state index contributed by atoms with van der Waals surface area (Å²) in [5, 5.41) is 8.92. The molecule has 0 spiro atoms. The molecule has 0 unspecified atom stereocenters. The van der Waals surface area contributed by atoms with Crippen LogP contribution in [0.2, 0.25) is 0 Å². The van der Waals surface area contributed by atoms with Crippen LogP contribution in [0.5, 0.6) is 0 Å². The lowest BCUT2D eigenvalue weighted by Crippen LogP contribution is -2.29. The zero-order valence-electron chi connectivity index (χ0n) is 10.1. The molecule has 1 aromatic heterocycles. The Kier molecular flexibility index (Phi) is 3.45. The second kappa shape index (κ2) is 5.02. The highest BCUT2D eigenvalue weighted by atomic mass is 15.2. The number of pyridine rings is 1. The van der Waals surface area contributed by atoms with Gasteiger partial charge < -0.3 is 15.5 Å². The minimum Gasteiger partial charge on any atom is -0.396 e. The normalized spacial score (nSPS) is 17.5. The van der Waals surface area contributed by atoms with E-state index in [4.69, 9.17) is 11.0 Å². The van der Waals surface area contributed by atoms with Crippen molar-refractivity contribution in [3.8, 4) is 6.07 Å². The lowest BCUT2D eigenvalue weighted by Gasteiger charge is -2.21. The Morgan fingerprint density at radius 1 is 1.29 bits per heavy atom. The third-order valence-electron chi connectivity index (χ3n) is 3.06. The van der Waals surface area contributed by atoms with Gasteiger partial charge in [-0.15, -0.1) is 0 Å². The van der Waals surface area contributed by atoms with E-state index in [9.17, 15) is 0 Å². The largest absolute Gasteiger partial charge is 0.396 e. The monoisotopic (exact) mass is 231 g/mol. The number of hydrogen-bond acceptors (Lipinski definition) is 5. The molecule has 0 amide bonds. The number of nitriles is 1. The van der Waals surface area contributed by atoms with Crippen LogP contribution in [0.25, 0.3) is 0 Å². The molecule has 2 rings (SSSR count). The molecule has 2 heterocycles. The predicted octanol–water partition coefficient (Wildman–Crippen LogP) is 0.677. The summed E-state index contributed by atoms with van der Waals surface area (Å²) in [6, 6.07) is 5.68. The Morgan fingerprint density at radius 3 is 2.88 bits per heavy atom. The van der Waals surface area contributed by atoms with Crippen molar-refractivity contribution in [1.82, 2.24) is 9.88 Å². The van der Waals surface area contributed by atoms with E-state index in [2.05, 4.69) is 21.8 Å². The van der Waals surface area contributed by atoms with Crippen molar-refractivity contribution < 1.29 is 0 Å². The van der Waals surface area contributed by atoms with Crippen molar-refractivity contribution in [3.63, 3.8) is 0 Å². The zero-order valence-corrected chi connectivity index (χ0v) is 10.1. The molecule has 1 saturated heterocycles. The van der Waals surface area contributed by atoms with Crippen molar-refractivity contribution in [3.05, 3.63) is 17.8 Å². The van der Waals surface area contributed by atoms with Crippen LogP contribution in [0.4, 0.5) is 11.5 Å². The molecular formula is C12H17N5. The van der Waals surface area contributed by atoms with Crippen LogP contribution in [0.1, 0.15) is 12.1 Å². The molecule has 0 aliphatic carbocycles. The fourth-order valence-corrected chi connectivity index (χ4v) is 2.00. The summed E-state index contributed by atoms with van der Waals surface area (Å²) in [6.07, 6.45) is 1.12. The summed E-state index contributed by atoms with van der Waals surface area (Å²) in [5.74, 6) is 0.853. The highest BCUT2D eigenvalue weighted by Crippen LogP contribution is 2.17. The summed E-state index contributed by atoms with van der Waals surface area (Å²) in [4.78, 5) is 8.82. The predicted molar refractivity (Wildman–Crippen MR) is 67.7 cm³/mol. The molecule has 1 aliphatic heterocycles. The smallest absolute Gasteiger partial charge is 0.165 e. The third-order valence-corrected chi connectivity index (χ3v) is 3.06. The van der Waals surface area contributed by atoms with Gasteiger partial charge in [-0.1, -0.05) is 0 Å². The maximum absolute atomic E-state index is 8.92. The first-order chi connectivity index (χ1) is 8.20. The van der Waals surface area contributed by atoms with Gasteiger partial charge in [0, 0.05) is 19.6 Å². The number of rotatable bonds is 1. The van der Waals surface area contributed by atoms with Gasteiger partial charge in [-0.25, -0.2) is 4.98 Å². The van der Waals surface area contributed by atoms with Gasteiger partial charge in [-0.2, -0.15) is 5.26 Å². The lowest BCUT2D eigenvalue weighted by molar-refractivity contribution is 0.360. The molecule has 1 aromatic rings. The van der Waals surface area contributed by atoms with E-state index >= 15 is 0 Å². The summed E-state index contributed by atoms with van der Waals surface area (Å²) >= 11 is 0. The molecule has 1 fully saturated rings. The molecule has 0 atom stereocenters. The number of nitrogens with two attached hydrogens (primary N) is 1. The first-order valence-electron chi connectivity index (χ1n) is 5.81. The van der Waals surface area contributed by atoms with Gasteiger partial charge in [0.1, 0.15) is 11.9 Å². The maximum Gasteiger partial charge on any atom is 0.165 e. The van der Waals surface area contributed by atoms with E-state index in [-0.39, 0.29) is 0 Å². The van der Waals surface area contributed by atoms with Crippen LogP contribution in [-0.4, -0.2) is 43.1 Å². The van der Waals surface area contributed by atoms with E-state index in [0.29, 0.717) is 11.4 Å². The van der Waals surface area contributed by atoms with Gasteiger partial charge in [-0.05, 0) is 32.1 Å². The molecule has 0 saturated carbocycles. The van der Waals surface area contributed by atoms with Crippen LogP contribution in [-0.2, 0) is 0 Å². The maximum atomic E-state index is 8.92. The minimum atomic E-state index is 0.320. The topological polar surface area (TPSA) is 69.2 Å². The van der Waals surface area contributed by atoms with Crippen molar-refractivity contribution in [1.29, 1.82) is 5.26 Å². The average Bonchev–Trinajstić information content (AvgIpc) is 2.55. The number of nitrogens with zero attached hydrogens (tertiary/aromatic N) is 4. The Morgan fingerprint density at radius 2 is 2.12 bits per heavy atom. The molecule has 0 aromatic carbocycles. The van der Waals surface area contributed by atoms with Crippen molar-refractivity contribution in [2.75, 3.05) is 43.9 Å². The summed E-state index contributed by atoms with van der Waals surface area (Å²) in [5.41, 5.74) is 6.44. The van der Waals surface area contributed by atoms with E-state index in [0.717, 1.165) is 38.4 Å². The van der Waals surface area contributed by atoms with E-state index < -0.39 is 0 Å². The zero-order chi connectivity index (χ0) is 12.3. The van der Waals surface area contributed by atoms with Gasteiger partial charge in [0.25, 0.3) is 0 Å². The van der Waals surface area contributed by atoms with Gasteiger partial charge >= 0.3 is 0 Å². The lowest BCUT2D eigenvalue weighted by atomic mass is 10.3. The number of nitrogen functional groups attached to an aromatic ring is 1. The Bertz CT molecular complexity index is 437. The molecule has 2 N–H and O–H groups in total. The summed E-state index contributed by atoms with van der Waals surface area (Å²) < 4.78 is 0. The average molecular weight is 231 g/mol. The SMILES string of the molecule is CN1CCCN(c2ccc(N)c(C#N)n2)CC1. The standard InChI is InChI=1S/C12H17N5/c1-16-5-2-6-17(8-7-16)12-4-3-10(14)11(9-13)15-12/h3-4H,2,5-8,14H2,1H3. The molecular weight excluding hydrogens is 214 g/mol. The fraction of sp³-hybridized carbons (Fsp3) is 0.500. The molecule has 0 radical (unpaired) electrons. The van der Waals surface area contributed by atoms with Crippen LogP contribution < -0.4 is 10.6 Å². The van der Waals surface area contributed by atoms with E-state index in [1.54, 1.807) is 6.07 Å². The minimum absolute atomic E-state index is 0.320.